The molecule has 0 radical (unpaired) electrons. The zero-order valence-electron chi connectivity index (χ0n) is 36.0. The standard InChI is InChI=1S/C58H47BN2O/c1-36-33-42-52-49(30-28-41-40-21-12-15-26-51(40)62-55(41)52)61(39-27-29-43-46(35-39)57(4,5)32-31-56(43,2)3)59-47-24-16-23-45-54(47)60(50(34-36)53(42)59)48-25-14-13-22-44(48)58(45,37-17-8-6-9-18-37)38-19-10-7-11-20-38/h6-30,33-35H,31-32H2,1-5H3. The number of furan rings is 1. The van der Waals surface area contributed by atoms with Crippen LogP contribution in [-0.2, 0) is 16.2 Å². The first-order chi connectivity index (χ1) is 30.2. The number of hydrogen-bond acceptors (Lipinski definition) is 3. The summed E-state index contributed by atoms with van der Waals surface area (Å²) >= 11 is 0. The van der Waals surface area contributed by atoms with Gasteiger partial charge >= 0.3 is 6.85 Å². The highest BCUT2D eigenvalue weighted by Gasteiger charge is 2.53. The Morgan fingerprint density at radius 2 is 1.21 bits per heavy atom. The number of fused-ring (bicyclic) bond motifs is 11. The van der Waals surface area contributed by atoms with Crippen LogP contribution in [0, 0.1) is 6.92 Å². The Kier molecular flexibility index (Phi) is 7.20. The first-order valence-electron chi connectivity index (χ1n) is 22.3. The zero-order chi connectivity index (χ0) is 41.7. The van der Waals surface area contributed by atoms with Crippen LogP contribution in [0.1, 0.15) is 79.5 Å². The molecular formula is C58H47BN2O. The van der Waals surface area contributed by atoms with Crippen LogP contribution in [0.25, 0.3) is 33.1 Å². The Balaban J connectivity index is 1.18. The second-order valence-electron chi connectivity index (χ2n) is 19.5. The SMILES string of the molecule is Cc1cc2c3c(c1)N1c4ccccc4C(c4ccccc4)(c4ccccc4)c4cccc(c41)B3N(c1ccc3c(c1)C(C)(C)CCC3(C)C)c1ccc3c(oc4ccccc43)c1-2. The van der Waals surface area contributed by atoms with Crippen molar-refractivity contribution in [1.29, 1.82) is 0 Å². The van der Waals surface area contributed by atoms with Gasteiger partial charge in [0.05, 0.1) is 11.1 Å². The Morgan fingerprint density at radius 3 is 1.98 bits per heavy atom. The lowest BCUT2D eigenvalue weighted by Gasteiger charge is -2.52. The largest absolute Gasteiger partial charge is 0.455 e. The fraction of sp³-hybridized carbons (Fsp3) is 0.172. The minimum atomic E-state index is -0.565. The molecule has 0 N–H and O–H groups in total. The van der Waals surface area contributed by atoms with Gasteiger partial charge in [0, 0.05) is 39.1 Å². The number of nitrogens with zero attached hydrogens (tertiary/aromatic N) is 2. The maximum absolute atomic E-state index is 7.00. The normalized spacial score (nSPS) is 17.0. The molecule has 1 aromatic heterocycles. The predicted octanol–water partition coefficient (Wildman–Crippen LogP) is 13.6. The smallest absolute Gasteiger partial charge is 0.333 e. The molecule has 3 nitrogen and oxygen atoms in total. The van der Waals surface area contributed by atoms with E-state index >= 15 is 0 Å². The van der Waals surface area contributed by atoms with Gasteiger partial charge in [-0.25, -0.2) is 0 Å². The number of aryl methyl sites for hydroxylation is 1. The van der Waals surface area contributed by atoms with Crippen molar-refractivity contribution in [2.24, 2.45) is 0 Å². The van der Waals surface area contributed by atoms with E-state index in [-0.39, 0.29) is 17.7 Å². The number of hydrogen-bond donors (Lipinski definition) is 0. The van der Waals surface area contributed by atoms with Crippen LogP contribution in [0.2, 0.25) is 0 Å². The summed E-state index contributed by atoms with van der Waals surface area (Å²) in [5.41, 5.74) is 21.9. The van der Waals surface area contributed by atoms with Gasteiger partial charge in [0.15, 0.2) is 0 Å². The van der Waals surface area contributed by atoms with E-state index in [2.05, 4.69) is 214 Å². The summed E-state index contributed by atoms with van der Waals surface area (Å²) in [7, 11) is 0. The van der Waals surface area contributed by atoms with Crippen LogP contribution in [0.5, 0.6) is 0 Å². The zero-order valence-corrected chi connectivity index (χ0v) is 36.0. The number of anilines is 5. The third-order valence-electron chi connectivity index (χ3n) is 15.2. The van der Waals surface area contributed by atoms with E-state index in [1.54, 1.807) is 0 Å². The van der Waals surface area contributed by atoms with Gasteiger partial charge in [-0.05, 0) is 128 Å². The molecular weight excluding hydrogens is 751 g/mol. The number of rotatable bonds is 3. The quantitative estimate of drug-likeness (QED) is 0.166. The van der Waals surface area contributed by atoms with E-state index in [0.29, 0.717) is 0 Å². The topological polar surface area (TPSA) is 19.6 Å². The maximum atomic E-state index is 7.00. The molecule has 62 heavy (non-hydrogen) atoms. The summed E-state index contributed by atoms with van der Waals surface area (Å²) in [6.45, 7) is 11.9. The predicted molar refractivity (Wildman–Crippen MR) is 259 cm³/mol. The van der Waals surface area contributed by atoms with Gasteiger partial charge in [-0.3, -0.25) is 0 Å². The first kappa shape index (κ1) is 35.9. The van der Waals surface area contributed by atoms with Crippen molar-refractivity contribution >= 4 is 68.1 Å². The second-order valence-corrected chi connectivity index (χ2v) is 19.5. The van der Waals surface area contributed by atoms with Crippen LogP contribution in [0.3, 0.4) is 0 Å². The van der Waals surface area contributed by atoms with Gasteiger partial charge in [0.2, 0.25) is 0 Å². The van der Waals surface area contributed by atoms with E-state index in [1.807, 2.05) is 0 Å². The van der Waals surface area contributed by atoms with Gasteiger partial charge in [-0.2, -0.15) is 0 Å². The van der Waals surface area contributed by atoms with Crippen LogP contribution in [-0.4, -0.2) is 6.85 Å². The molecule has 0 saturated heterocycles. The average molecular weight is 799 g/mol. The molecule has 298 valence electrons. The fourth-order valence-corrected chi connectivity index (χ4v) is 12.3. The van der Waals surface area contributed by atoms with Gasteiger partial charge in [-0.1, -0.05) is 155 Å². The van der Waals surface area contributed by atoms with Crippen LogP contribution < -0.4 is 20.6 Å². The van der Waals surface area contributed by atoms with Gasteiger partial charge in [0.1, 0.15) is 11.2 Å². The second kappa shape index (κ2) is 12.4. The van der Waals surface area contributed by atoms with Crippen LogP contribution in [0.15, 0.2) is 174 Å². The van der Waals surface area contributed by atoms with E-state index in [9.17, 15) is 0 Å². The summed E-state index contributed by atoms with van der Waals surface area (Å²) in [6, 6.07) is 64.2. The van der Waals surface area contributed by atoms with Crippen molar-refractivity contribution < 1.29 is 4.42 Å². The Bertz CT molecular complexity index is 3300. The lowest BCUT2D eigenvalue weighted by Crippen LogP contribution is -2.62. The molecule has 8 aromatic carbocycles. The van der Waals surface area contributed by atoms with Crippen molar-refractivity contribution in [2.75, 3.05) is 9.71 Å². The molecule has 0 bridgehead atoms. The highest BCUT2D eigenvalue weighted by molar-refractivity contribution is 6.93. The Hall–Kier alpha value is -6.78. The molecule has 1 aliphatic carbocycles. The maximum Gasteiger partial charge on any atom is 0.333 e. The summed E-state index contributed by atoms with van der Waals surface area (Å²) in [4.78, 5) is 5.30. The third-order valence-corrected chi connectivity index (χ3v) is 15.2. The Labute approximate surface area is 364 Å². The van der Waals surface area contributed by atoms with E-state index in [4.69, 9.17) is 4.42 Å². The third kappa shape index (κ3) is 4.57. The van der Waals surface area contributed by atoms with Crippen molar-refractivity contribution in [1.82, 2.24) is 0 Å². The summed E-state index contributed by atoms with van der Waals surface area (Å²) < 4.78 is 7.00. The van der Waals surface area contributed by atoms with E-state index in [1.165, 1.54) is 95.9 Å². The van der Waals surface area contributed by atoms with Crippen molar-refractivity contribution in [2.45, 2.75) is 63.7 Å². The molecule has 4 heterocycles. The first-order valence-corrected chi connectivity index (χ1v) is 22.3. The van der Waals surface area contributed by atoms with Crippen LogP contribution >= 0.6 is 0 Å². The fourth-order valence-electron chi connectivity index (χ4n) is 12.3. The average Bonchev–Trinajstić information content (AvgIpc) is 3.68. The molecule has 0 fully saturated rings. The van der Waals surface area contributed by atoms with Crippen molar-refractivity contribution in [3.05, 3.63) is 209 Å². The number of benzene rings is 8. The molecule has 3 aliphatic heterocycles. The Morgan fingerprint density at radius 1 is 0.532 bits per heavy atom. The van der Waals surface area contributed by atoms with Gasteiger partial charge in [0.25, 0.3) is 0 Å². The van der Waals surface area contributed by atoms with Crippen LogP contribution in [0.4, 0.5) is 28.4 Å². The minimum absolute atomic E-state index is 0.0479. The lowest BCUT2D eigenvalue weighted by atomic mass is 9.42. The molecule has 0 amide bonds. The highest BCUT2D eigenvalue weighted by Crippen LogP contribution is 2.60. The summed E-state index contributed by atoms with van der Waals surface area (Å²) in [5, 5.41) is 2.30. The lowest BCUT2D eigenvalue weighted by molar-refractivity contribution is 0.332. The summed E-state index contributed by atoms with van der Waals surface area (Å²) in [5.74, 6) is 0. The molecule has 0 unspecified atom stereocenters. The molecule has 0 saturated carbocycles. The monoisotopic (exact) mass is 798 g/mol. The van der Waals surface area contributed by atoms with Crippen molar-refractivity contribution in [3.63, 3.8) is 0 Å². The number of para-hydroxylation sites is 3. The molecule has 13 rings (SSSR count). The van der Waals surface area contributed by atoms with E-state index in [0.717, 1.165) is 28.4 Å². The van der Waals surface area contributed by atoms with Gasteiger partial charge < -0.3 is 14.1 Å². The molecule has 9 aromatic rings. The highest BCUT2D eigenvalue weighted by atomic mass is 16.3. The van der Waals surface area contributed by atoms with E-state index < -0.39 is 5.41 Å². The van der Waals surface area contributed by atoms with Crippen molar-refractivity contribution in [3.8, 4) is 11.1 Å². The minimum Gasteiger partial charge on any atom is -0.455 e. The molecule has 0 spiro atoms. The molecule has 4 aliphatic rings. The summed E-state index contributed by atoms with van der Waals surface area (Å²) in [6.07, 6.45) is 2.34. The van der Waals surface area contributed by atoms with Gasteiger partial charge in [-0.15, -0.1) is 0 Å². The molecule has 0 atom stereocenters. The molecule has 4 heteroatoms.